The van der Waals surface area contributed by atoms with E-state index in [-0.39, 0.29) is 24.9 Å². The van der Waals surface area contributed by atoms with Gasteiger partial charge in [-0.3, -0.25) is 20.1 Å². The minimum absolute atomic E-state index is 0.0932. The highest BCUT2D eigenvalue weighted by Gasteiger charge is 2.19. The normalized spacial score (nSPS) is 10.4. The molecule has 2 heterocycles. The monoisotopic (exact) mass is 279 g/mol. The number of rotatable bonds is 6. The molecule has 8 N–H and O–H groups in total. The van der Waals surface area contributed by atoms with E-state index in [0.717, 1.165) is 0 Å². The number of nitrogens with one attached hydrogen (secondary N) is 2. The van der Waals surface area contributed by atoms with Crippen LogP contribution in [0.2, 0.25) is 0 Å². The van der Waals surface area contributed by atoms with Crippen molar-refractivity contribution in [2.24, 2.45) is 17.3 Å². The third-order valence-corrected chi connectivity index (χ3v) is 2.41. The Labute approximate surface area is 112 Å². The van der Waals surface area contributed by atoms with Crippen molar-refractivity contribution in [3.63, 3.8) is 0 Å². The first-order chi connectivity index (χ1) is 9.51. The fourth-order valence-corrected chi connectivity index (χ4v) is 1.71. The number of hydrazine groups is 1. The molecule has 2 aromatic rings. The Kier molecular flexibility index (Phi) is 3.61. The highest BCUT2D eigenvalue weighted by molar-refractivity contribution is 5.92. The van der Waals surface area contributed by atoms with E-state index in [1.807, 2.05) is 0 Å². The summed E-state index contributed by atoms with van der Waals surface area (Å²) in [6, 6.07) is 0. The van der Waals surface area contributed by atoms with Crippen LogP contribution in [0.15, 0.2) is 6.20 Å². The van der Waals surface area contributed by atoms with Gasteiger partial charge in [-0.2, -0.15) is 15.1 Å². The first-order valence-corrected chi connectivity index (χ1v) is 5.50. The topological polar surface area (TPSA) is 182 Å². The molecule has 11 nitrogen and oxygen atoms in total. The summed E-state index contributed by atoms with van der Waals surface area (Å²) in [6.45, 7) is -0.464. The van der Waals surface area contributed by atoms with Crippen LogP contribution in [-0.4, -0.2) is 45.1 Å². The number of hydrogen-bond donors (Lipinski definition) is 5. The molecular weight excluding hydrogens is 266 g/mol. The third kappa shape index (κ3) is 2.72. The fourth-order valence-electron chi connectivity index (χ4n) is 1.71. The maximum Gasteiger partial charge on any atom is 0.241 e. The summed E-state index contributed by atoms with van der Waals surface area (Å²) in [4.78, 5) is 31.7. The lowest BCUT2D eigenvalue weighted by molar-refractivity contribution is -0.117. The van der Waals surface area contributed by atoms with E-state index in [0.29, 0.717) is 11.0 Å². The van der Waals surface area contributed by atoms with Crippen LogP contribution in [0.3, 0.4) is 0 Å². The molecule has 0 atom stereocenters. The predicted octanol–water partition coefficient (Wildman–Crippen LogP) is -2.58. The van der Waals surface area contributed by atoms with Crippen LogP contribution >= 0.6 is 0 Å². The molecule has 0 saturated heterocycles. The van der Waals surface area contributed by atoms with Crippen LogP contribution in [0.1, 0.15) is 0 Å². The minimum atomic E-state index is -0.635. The average Bonchev–Trinajstić information content (AvgIpc) is 2.83. The summed E-state index contributed by atoms with van der Waals surface area (Å²) in [5.74, 6) is 4.36. The smallest absolute Gasteiger partial charge is 0.241 e. The lowest BCUT2D eigenvalue weighted by Gasteiger charge is -2.21. The number of nitrogen functional groups attached to an aromatic ring is 1. The van der Waals surface area contributed by atoms with Gasteiger partial charge in [-0.05, 0) is 0 Å². The zero-order chi connectivity index (χ0) is 14.7. The summed E-state index contributed by atoms with van der Waals surface area (Å²) in [6.07, 6.45) is 1.46. The average molecular weight is 279 g/mol. The molecule has 106 valence electrons. The van der Waals surface area contributed by atoms with Crippen molar-refractivity contribution in [1.82, 2.24) is 20.2 Å². The quantitative estimate of drug-likeness (QED) is 0.282. The number of amides is 2. The van der Waals surface area contributed by atoms with E-state index in [9.17, 15) is 9.59 Å². The number of aromatic nitrogens is 4. The molecular formula is C9H13N9O2. The van der Waals surface area contributed by atoms with Gasteiger partial charge in [-0.15, -0.1) is 0 Å². The second kappa shape index (κ2) is 5.36. The molecule has 0 fully saturated rings. The number of aromatic amines is 1. The molecule has 20 heavy (non-hydrogen) atoms. The third-order valence-electron chi connectivity index (χ3n) is 2.41. The van der Waals surface area contributed by atoms with Gasteiger partial charge in [0.1, 0.15) is 5.82 Å². The van der Waals surface area contributed by atoms with E-state index in [4.69, 9.17) is 17.3 Å². The van der Waals surface area contributed by atoms with Crippen LogP contribution in [0.25, 0.3) is 11.0 Å². The number of carbonyl (C=O) groups excluding carboxylic acids is 2. The van der Waals surface area contributed by atoms with Crippen molar-refractivity contribution in [2.45, 2.75) is 0 Å². The van der Waals surface area contributed by atoms with Gasteiger partial charge in [-0.1, -0.05) is 0 Å². The zero-order valence-electron chi connectivity index (χ0n) is 10.3. The Morgan fingerprint density at radius 1 is 1.25 bits per heavy atom. The SMILES string of the molecule is NNc1nc(N(CC(N)=O)CC(N)=O)c2cn[nH]c2n1. The van der Waals surface area contributed by atoms with Crippen molar-refractivity contribution in [1.29, 1.82) is 0 Å². The molecule has 11 heteroatoms. The summed E-state index contributed by atoms with van der Waals surface area (Å²) in [5, 5.41) is 6.97. The van der Waals surface area contributed by atoms with Gasteiger partial charge in [-0.25, -0.2) is 5.84 Å². The largest absolute Gasteiger partial charge is 0.368 e. The van der Waals surface area contributed by atoms with Crippen molar-refractivity contribution in [3.8, 4) is 0 Å². The highest BCUT2D eigenvalue weighted by atomic mass is 16.2. The van der Waals surface area contributed by atoms with Gasteiger partial charge in [0.25, 0.3) is 0 Å². The number of nitrogens with zero attached hydrogens (tertiary/aromatic N) is 4. The van der Waals surface area contributed by atoms with E-state index in [1.165, 1.54) is 11.1 Å². The Balaban J connectivity index is 2.52. The number of carbonyl (C=O) groups is 2. The van der Waals surface area contributed by atoms with Gasteiger partial charge >= 0.3 is 0 Å². The van der Waals surface area contributed by atoms with E-state index >= 15 is 0 Å². The van der Waals surface area contributed by atoms with Crippen molar-refractivity contribution in [2.75, 3.05) is 23.4 Å². The number of H-pyrrole nitrogens is 1. The molecule has 0 radical (unpaired) electrons. The fraction of sp³-hybridized carbons (Fsp3) is 0.222. The first-order valence-electron chi connectivity index (χ1n) is 5.50. The Hall–Kier alpha value is -2.95. The van der Waals surface area contributed by atoms with Crippen LogP contribution in [0.4, 0.5) is 11.8 Å². The number of nitrogens with two attached hydrogens (primary N) is 3. The molecule has 0 saturated carbocycles. The van der Waals surface area contributed by atoms with Crippen LogP contribution < -0.4 is 27.6 Å². The second-order valence-corrected chi connectivity index (χ2v) is 3.94. The van der Waals surface area contributed by atoms with E-state index < -0.39 is 11.8 Å². The van der Waals surface area contributed by atoms with E-state index in [1.54, 1.807) is 0 Å². The molecule has 0 aliphatic rings. The van der Waals surface area contributed by atoms with E-state index in [2.05, 4.69) is 25.6 Å². The molecule has 0 aromatic carbocycles. The summed E-state index contributed by atoms with van der Waals surface area (Å²) < 4.78 is 0. The van der Waals surface area contributed by atoms with Gasteiger partial charge < -0.3 is 16.4 Å². The number of hydrogen-bond acceptors (Lipinski definition) is 8. The lowest BCUT2D eigenvalue weighted by atomic mass is 10.3. The lowest BCUT2D eigenvalue weighted by Crippen LogP contribution is -2.40. The van der Waals surface area contributed by atoms with Crippen LogP contribution in [0, 0.1) is 0 Å². The number of fused-ring (bicyclic) bond motifs is 1. The van der Waals surface area contributed by atoms with Crippen molar-refractivity contribution in [3.05, 3.63) is 6.20 Å². The number of anilines is 2. The highest BCUT2D eigenvalue weighted by Crippen LogP contribution is 2.23. The molecule has 0 aliphatic carbocycles. The summed E-state index contributed by atoms with van der Waals surface area (Å²) in [5.41, 5.74) is 13.0. The molecule has 0 unspecified atom stereocenters. The van der Waals surface area contributed by atoms with Crippen molar-refractivity contribution < 1.29 is 9.59 Å². The van der Waals surface area contributed by atoms with Crippen molar-refractivity contribution >= 4 is 34.6 Å². The predicted molar refractivity (Wildman–Crippen MR) is 70.1 cm³/mol. The van der Waals surface area contributed by atoms with Gasteiger partial charge in [0.2, 0.25) is 17.8 Å². The zero-order valence-corrected chi connectivity index (χ0v) is 10.3. The van der Waals surface area contributed by atoms with Crippen LogP contribution in [0.5, 0.6) is 0 Å². The van der Waals surface area contributed by atoms with Gasteiger partial charge in [0.15, 0.2) is 5.65 Å². The maximum atomic E-state index is 11.1. The summed E-state index contributed by atoms with van der Waals surface area (Å²) >= 11 is 0. The minimum Gasteiger partial charge on any atom is -0.368 e. The molecule has 2 rings (SSSR count). The molecule has 0 aliphatic heterocycles. The maximum absolute atomic E-state index is 11.1. The molecule has 2 amide bonds. The second-order valence-electron chi connectivity index (χ2n) is 3.94. The molecule has 0 bridgehead atoms. The van der Waals surface area contributed by atoms with Crippen LogP contribution in [-0.2, 0) is 9.59 Å². The molecule has 2 aromatic heterocycles. The Bertz CT molecular complexity index is 636. The Morgan fingerprint density at radius 2 is 1.90 bits per heavy atom. The van der Waals surface area contributed by atoms with Gasteiger partial charge in [0.05, 0.1) is 24.7 Å². The standard InChI is InChI=1S/C9H13N9O2/c10-5(19)2-18(3-6(11)20)8-4-1-13-17-7(4)14-9(15-8)16-12/h1H,2-3,12H2,(H2,10,19)(H2,11,20)(H2,13,14,15,16,17). The van der Waals surface area contributed by atoms with Gasteiger partial charge in [0, 0.05) is 0 Å². The molecule has 0 spiro atoms. The number of primary amides is 2. The Morgan fingerprint density at radius 3 is 2.45 bits per heavy atom. The summed E-state index contributed by atoms with van der Waals surface area (Å²) in [7, 11) is 0. The first kappa shape index (κ1) is 13.5.